The van der Waals surface area contributed by atoms with Gasteiger partial charge in [-0.2, -0.15) is 0 Å². The molecule has 0 saturated heterocycles. The molecular formula is C15H22N2O2S. The van der Waals surface area contributed by atoms with Crippen molar-refractivity contribution >= 4 is 23.2 Å². The smallest absolute Gasteiger partial charge is 0.273 e. The van der Waals surface area contributed by atoms with E-state index < -0.39 is 0 Å². The van der Waals surface area contributed by atoms with Crippen LogP contribution in [0.2, 0.25) is 0 Å². The Morgan fingerprint density at radius 2 is 2.00 bits per heavy atom. The maximum absolute atomic E-state index is 11.6. The first-order chi connectivity index (χ1) is 9.75. The number of hydrogen-bond donors (Lipinski definition) is 2. The molecule has 110 valence electrons. The fourth-order valence-electron chi connectivity index (χ4n) is 2.69. The topological polar surface area (TPSA) is 58.2 Å². The lowest BCUT2D eigenvalue weighted by Gasteiger charge is -2.21. The second kappa shape index (κ2) is 8.04. The maximum Gasteiger partial charge on any atom is 0.279 e. The number of rotatable bonds is 5. The first-order valence-corrected chi connectivity index (χ1v) is 8.26. The van der Waals surface area contributed by atoms with Crippen LogP contribution in [0.1, 0.15) is 61.0 Å². The van der Waals surface area contributed by atoms with E-state index in [4.69, 9.17) is 0 Å². The molecule has 0 atom stereocenters. The highest BCUT2D eigenvalue weighted by molar-refractivity contribution is 7.12. The highest BCUT2D eigenvalue weighted by Crippen LogP contribution is 2.27. The Morgan fingerprint density at radius 3 is 2.70 bits per heavy atom. The zero-order chi connectivity index (χ0) is 14.2. The fourth-order valence-corrected chi connectivity index (χ4v) is 3.30. The summed E-state index contributed by atoms with van der Waals surface area (Å²) in [6, 6.07) is 3.54. The van der Waals surface area contributed by atoms with E-state index in [1.165, 1.54) is 43.4 Å². The minimum atomic E-state index is -0.249. The normalized spacial score (nSPS) is 15.8. The molecule has 1 heterocycles. The molecule has 0 aliphatic heterocycles. The standard InChI is InChI=1S/C15H22N2O2S/c18-14(10-4-8-12-6-2-1-3-7-12)16-17-15(19)13-9-5-11-20-13/h5,9,11-12H,1-4,6-8,10H2,(H,16,18)(H,17,19). The van der Waals surface area contributed by atoms with Crippen molar-refractivity contribution in [2.45, 2.75) is 51.4 Å². The van der Waals surface area contributed by atoms with E-state index in [9.17, 15) is 9.59 Å². The van der Waals surface area contributed by atoms with Crippen molar-refractivity contribution in [3.63, 3.8) is 0 Å². The van der Waals surface area contributed by atoms with Crippen LogP contribution in [0.5, 0.6) is 0 Å². The number of nitrogens with one attached hydrogen (secondary N) is 2. The fraction of sp³-hybridized carbons (Fsp3) is 0.600. The molecule has 2 N–H and O–H groups in total. The molecule has 0 bridgehead atoms. The van der Waals surface area contributed by atoms with Gasteiger partial charge in [0.25, 0.3) is 5.91 Å². The molecule has 2 amide bonds. The van der Waals surface area contributed by atoms with Crippen molar-refractivity contribution in [2.24, 2.45) is 5.92 Å². The minimum absolute atomic E-state index is 0.106. The van der Waals surface area contributed by atoms with Gasteiger partial charge in [-0.15, -0.1) is 11.3 Å². The van der Waals surface area contributed by atoms with Gasteiger partial charge in [-0.1, -0.05) is 38.2 Å². The second-order valence-corrected chi connectivity index (χ2v) is 6.32. The molecule has 20 heavy (non-hydrogen) atoms. The summed E-state index contributed by atoms with van der Waals surface area (Å²) < 4.78 is 0. The first kappa shape index (κ1) is 15.0. The van der Waals surface area contributed by atoms with Gasteiger partial charge in [0.2, 0.25) is 5.91 Å². The Bertz CT molecular complexity index is 425. The number of thiophene rings is 1. The minimum Gasteiger partial charge on any atom is -0.273 e. The quantitative estimate of drug-likeness (QED) is 0.819. The summed E-state index contributed by atoms with van der Waals surface area (Å²) in [5.74, 6) is 0.448. The predicted molar refractivity (Wildman–Crippen MR) is 80.4 cm³/mol. The predicted octanol–water partition coefficient (Wildman–Crippen LogP) is 3.26. The first-order valence-electron chi connectivity index (χ1n) is 7.38. The van der Waals surface area contributed by atoms with E-state index in [1.54, 1.807) is 6.07 Å². The van der Waals surface area contributed by atoms with Crippen LogP contribution >= 0.6 is 11.3 Å². The van der Waals surface area contributed by atoms with Crippen LogP contribution in [-0.4, -0.2) is 11.8 Å². The Kier molecular flexibility index (Phi) is 6.05. The van der Waals surface area contributed by atoms with Crippen molar-refractivity contribution in [1.82, 2.24) is 10.9 Å². The molecule has 0 aromatic carbocycles. The molecular weight excluding hydrogens is 272 g/mol. The Balaban J connectivity index is 1.57. The Labute approximate surface area is 123 Å². The molecule has 5 heteroatoms. The monoisotopic (exact) mass is 294 g/mol. The van der Waals surface area contributed by atoms with Gasteiger partial charge >= 0.3 is 0 Å². The third-order valence-corrected chi connectivity index (χ3v) is 4.67. The van der Waals surface area contributed by atoms with Gasteiger partial charge in [0, 0.05) is 6.42 Å². The zero-order valence-corrected chi connectivity index (χ0v) is 12.5. The van der Waals surface area contributed by atoms with Crippen LogP contribution in [0, 0.1) is 5.92 Å². The number of hydrogen-bond acceptors (Lipinski definition) is 3. The SMILES string of the molecule is O=C(CCCC1CCCCC1)NNC(=O)c1cccs1. The van der Waals surface area contributed by atoms with Crippen LogP contribution in [0.4, 0.5) is 0 Å². The Morgan fingerprint density at radius 1 is 1.20 bits per heavy atom. The van der Waals surface area contributed by atoms with Gasteiger partial charge in [-0.25, -0.2) is 0 Å². The summed E-state index contributed by atoms with van der Waals surface area (Å²) in [7, 11) is 0. The molecule has 1 aromatic rings. The summed E-state index contributed by atoms with van der Waals surface area (Å²) in [6.07, 6.45) is 9.21. The van der Waals surface area contributed by atoms with Crippen molar-refractivity contribution in [1.29, 1.82) is 0 Å². The van der Waals surface area contributed by atoms with Crippen LogP contribution in [-0.2, 0) is 4.79 Å². The lowest BCUT2D eigenvalue weighted by atomic mass is 9.86. The zero-order valence-electron chi connectivity index (χ0n) is 11.7. The average Bonchev–Trinajstić information content (AvgIpc) is 3.00. The van der Waals surface area contributed by atoms with Crippen molar-refractivity contribution in [3.05, 3.63) is 22.4 Å². The number of amides is 2. The second-order valence-electron chi connectivity index (χ2n) is 5.38. The number of carbonyl (C=O) groups is 2. The molecule has 0 unspecified atom stereocenters. The summed E-state index contributed by atoms with van der Waals surface area (Å²) >= 11 is 1.36. The molecule has 0 spiro atoms. The van der Waals surface area contributed by atoms with Gasteiger partial charge in [0.05, 0.1) is 4.88 Å². The van der Waals surface area contributed by atoms with E-state index in [-0.39, 0.29) is 11.8 Å². The van der Waals surface area contributed by atoms with Crippen molar-refractivity contribution < 1.29 is 9.59 Å². The van der Waals surface area contributed by atoms with Crippen molar-refractivity contribution in [3.8, 4) is 0 Å². The molecule has 1 fully saturated rings. The molecule has 1 aromatic heterocycles. The number of hydrazine groups is 1. The largest absolute Gasteiger partial charge is 0.279 e. The van der Waals surface area contributed by atoms with E-state index >= 15 is 0 Å². The number of carbonyl (C=O) groups excluding carboxylic acids is 2. The molecule has 4 nitrogen and oxygen atoms in total. The van der Waals surface area contributed by atoms with E-state index in [1.807, 2.05) is 11.4 Å². The van der Waals surface area contributed by atoms with E-state index in [0.29, 0.717) is 11.3 Å². The van der Waals surface area contributed by atoms with Crippen LogP contribution in [0.15, 0.2) is 17.5 Å². The molecule has 1 saturated carbocycles. The third-order valence-electron chi connectivity index (χ3n) is 3.80. The summed E-state index contributed by atoms with van der Waals surface area (Å²) in [5, 5.41) is 1.83. The maximum atomic E-state index is 11.6. The van der Waals surface area contributed by atoms with Gasteiger partial charge < -0.3 is 0 Å². The molecule has 1 aliphatic carbocycles. The highest BCUT2D eigenvalue weighted by atomic mass is 32.1. The van der Waals surface area contributed by atoms with Crippen LogP contribution in [0.25, 0.3) is 0 Å². The Hall–Kier alpha value is -1.36. The summed E-state index contributed by atoms with van der Waals surface area (Å²) in [6.45, 7) is 0. The van der Waals surface area contributed by atoms with E-state index in [0.717, 1.165) is 18.8 Å². The molecule has 2 rings (SSSR count). The highest BCUT2D eigenvalue weighted by Gasteiger charge is 2.14. The van der Waals surface area contributed by atoms with Gasteiger partial charge in [-0.05, 0) is 30.2 Å². The summed E-state index contributed by atoms with van der Waals surface area (Å²) in [5.41, 5.74) is 4.92. The lowest BCUT2D eigenvalue weighted by molar-refractivity contribution is -0.122. The lowest BCUT2D eigenvalue weighted by Crippen LogP contribution is -2.41. The molecule has 0 radical (unpaired) electrons. The van der Waals surface area contributed by atoms with Crippen LogP contribution in [0.3, 0.4) is 0 Å². The van der Waals surface area contributed by atoms with E-state index in [2.05, 4.69) is 10.9 Å². The van der Waals surface area contributed by atoms with Crippen molar-refractivity contribution in [2.75, 3.05) is 0 Å². The van der Waals surface area contributed by atoms with Gasteiger partial charge in [-0.3, -0.25) is 20.4 Å². The van der Waals surface area contributed by atoms with Crippen LogP contribution < -0.4 is 10.9 Å². The van der Waals surface area contributed by atoms with Gasteiger partial charge in [0.1, 0.15) is 0 Å². The molecule has 1 aliphatic rings. The summed E-state index contributed by atoms with van der Waals surface area (Å²) in [4.78, 5) is 23.9. The average molecular weight is 294 g/mol. The van der Waals surface area contributed by atoms with Gasteiger partial charge in [0.15, 0.2) is 0 Å². The third kappa shape index (κ3) is 4.96.